The van der Waals surface area contributed by atoms with Crippen molar-refractivity contribution in [1.29, 1.82) is 0 Å². The number of hydrogen-bond donors (Lipinski definition) is 0. The fourth-order valence-electron chi connectivity index (χ4n) is 0.874. The van der Waals surface area contributed by atoms with Gasteiger partial charge < -0.3 is 0 Å². The van der Waals surface area contributed by atoms with E-state index in [1.54, 1.807) is 13.0 Å². The van der Waals surface area contributed by atoms with Crippen molar-refractivity contribution in [3.8, 4) is 0 Å². The van der Waals surface area contributed by atoms with E-state index in [2.05, 4.69) is 15.9 Å². The second-order valence-corrected chi connectivity index (χ2v) is 3.26. The molecule has 0 amide bonds. The highest BCUT2D eigenvalue weighted by Crippen LogP contribution is 2.17. The third-order valence-corrected chi connectivity index (χ3v) is 2.21. The molecule has 0 N–H and O–H groups in total. The highest BCUT2D eigenvalue weighted by atomic mass is 79.9. The summed E-state index contributed by atoms with van der Waals surface area (Å²) in [6, 6.07) is 4.40. The third kappa shape index (κ3) is 1.91. The summed E-state index contributed by atoms with van der Waals surface area (Å²) in [4.78, 5) is 11.1. The average Bonchev–Trinajstić information content (AvgIpc) is 2.08. The zero-order valence-electron chi connectivity index (χ0n) is 6.60. The van der Waals surface area contributed by atoms with E-state index in [1.807, 2.05) is 0 Å². The van der Waals surface area contributed by atoms with Crippen molar-refractivity contribution < 1.29 is 9.18 Å². The summed E-state index contributed by atoms with van der Waals surface area (Å²) in [7, 11) is 0. The normalized spacial score (nSPS) is 9.92. The highest BCUT2D eigenvalue weighted by molar-refractivity contribution is 9.10. The Morgan fingerprint density at radius 1 is 1.58 bits per heavy atom. The van der Waals surface area contributed by atoms with Gasteiger partial charge in [0.05, 0.1) is 4.47 Å². The van der Waals surface area contributed by atoms with E-state index in [4.69, 9.17) is 0 Å². The molecule has 1 rings (SSSR count). The Hall–Kier alpha value is -0.700. The van der Waals surface area contributed by atoms with Gasteiger partial charge in [-0.3, -0.25) is 4.79 Å². The number of hydrogen-bond acceptors (Lipinski definition) is 1. The van der Waals surface area contributed by atoms with Crippen LogP contribution in [0.15, 0.2) is 22.7 Å². The number of Topliss-reactive ketones (excluding diaryl/α,β-unsaturated/α-hetero) is 1. The van der Waals surface area contributed by atoms with Crippen LogP contribution in [0.4, 0.5) is 4.39 Å². The molecule has 1 nitrogen and oxygen atoms in total. The van der Waals surface area contributed by atoms with Gasteiger partial charge in [-0.25, -0.2) is 4.39 Å². The lowest BCUT2D eigenvalue weighted by molar-refractivity contribution is 0.0987. The van der Waals surface area contributed by atoms with Gasteiger partial charge in [-0.2, -0.15) is 0 Å². The van der Waals surface area contributed by atoms with Crippen LogP contribution >= 0.6 is 15.9 Å². The Balaban J connectivity index is 3.05. The van der Waals surface area contributed by atoms with Gasteiger partial charge in [-0.05, 0) is 28.1 Å². The maximum atomic E-state index is 12.9. The SMILES string of the molecule is CCC(=O)c1ccc(Br)c(F)c1. The maximum Gasteiger partial charge on any atom is 0.162 e. The maximum absolute atomic E-state index is 12.9. The van der Waals surface area contributed by atoms with Crippen molar-refractivity contribution in [2.24, 2.45) is 0 Å². The molecule has 0 aliphatic rings. The van der Waals surface area contributed by atoms with Crippen molar-refractivity contribution in [2.75, 3.05) is 0 Å². The fraction of sp³-hybridized carbons (Fsp3) is 0.222. The molecule has 0 bridgehead atoms. The minimum Gasteiger partial charge on any atom is -0.294 e. The summed E-state index contributed by atoms with van der Waals surface area (Å²) >= 11 is 3.01. The van der Waals surface area contributed by atoms with E-state index < -0.39 is 5.82 Å². The predicted molar refractivity (Wildman–Crippen MR) is 48.7 cm³/mol. The highest BCUT2D eigenvalue weighted by Gasteiger charge is 2.05. The molecule has 64 valence electrons. The molecule has 0 saturated heterocycles. The number of rotatable bonds is 2. The standard InChI is InChI=1S/C9H8BrFO/c1-2-9(12)6-3-4-7(10)8(11)5-6/h3-5H,2H2,1H3. The quantitative estimate of drug-likeness (QED) is 0.714. The topological polar surface area (TPSA) is 17.1 Å². The van der Waals surface area contributed by atoms with E-state index in [1.165, 1.54) is 12.1 Å². The van der Waals surface area contributed by atoms with Crippen LogP contribution in [0.2, 0.25) is 0 Å². The first kappa shape index (κ1) is 9.39. The predicted octanol–water partition coefficient (Wildman–Crippen LogP) is 3.18. The van der Waals surface area contributed by atoms with Gasteiger partial charge in [-0.1, -0.05) is 13.0 Å². The molecule has 0 aliphatic heterocycles. The second kappa shape index (κ2) is 3.81. The molecule has 0 saturated carbocycles. The lowest BCUT2D eigenvalue weighted by atomic mass is 10.1. The Morgan fingerprint density at radius 3 is 2.75 bits per heavy atom. The summed E-state index contributed by atoms with van der Waals surface area (Å²) in [5.74, 6) is -0.435. The van der Waals surface area contributed by atoms with Gasteiger partial charge in [0.25, 0.3) is 0 Å². The van der Waals surface area contributed by atoms with Crippen LogP contribution in [0.1, 0.15) is 23.7 Å². The van der Waals surface area contributed by atoms with Gasteiger partial charge in [0.15, 0.2) is 5.78 Å². The molecule has 0 spiro atoms. The molecule has 0 fully saturated rings. The van der Waals surface area contributed by atoms with Crippen LogP contribution in [-0.2, 0) is 0 Å². The Kier molecular flexibility index (Phi) is 2.98. The third-order valence-electron chi connectivity index (χ3n) is 1.56. The molecule has 0 aromatic heterocycles. The van der Waals surface area contributed by atoms with E-state index in [0.717, 1.165) is 0 Å². The summed E-state index contributed by atoms with van der Waals surface area (Å²) < 4.78 is 13.3. The lowest BCUT2D eigenvalue weighted by Crippen LogP contribution is -1.96. The largest absolute Gasteiger partial charge is 0.294 e. The molecule has 0 unspecified atom stereocenters. The number of carbonyl (C=O) groups excluding carboxylic acids is 1. The summed E-state index contributed by atoms with van der Waals surface area (Å²) in [6.07, 6.45) is 0.404. The fourth-order valence-corrected chi connectivity index (χ4v) is 1.12. The molecule has 12 heavy (non-hydrogen) atoms. The first-order chi connectivity index (χ1) is 5.65. The van der Waals surface area contributed by atoms with Crippen LogP contribution in [0, 0.1) is 5.82 Å². The van der Waals surface area contributed by atoms with Gasteiger partial charge >= 0.3 is 0 Å². The van der Waals surface area contributed by atoms with Gasteiger partial charge in [0.2, 0.25) is 0 Å². The molecule has 1 aromatic rings. The molecule has 1 aromatic carbocycles. The van der Waals surface area contributed by atoms with Crippen molar-refractivity contribution in [2.45, 2.75) is 13.3 Å². The average molecular weight is 231 g/mol. The molecular weight excluding hydrogens is 223 g/mol. The van der Waals surface area contributed by atoms with Gasteiger partial charge in [0, 0.05) is 12.0 Å². The van der Waals surface area contributed by atoms with Crippen LogP contribution in [0.5, 0.6) is 0 Å². The lowest BCUT2D eigenvalue weighted by Gasteiger charge is -1.98. The Labute approximate surface area is 78.7 Å². The molecular formula is C9H8BrFO. The smallest absolute Gasteiger partial charge is 0.162 e. The van der Waals surface area contributed by atoms with Crippen LogP contribution in [0.3, 0.4) is 0 Å². The molecule has 0 atom stereocenters. The monoisotopic (exact) mass is 230 g/mol. The van der Waals surface area contributed by atoms with Crippen LogP contribution < -0.4 is 0 Å². The second-order valence-electron chi connectivity index (χ2n) is 2.41. The first-order valence-corrected chi connectivity index (χ1v) is 4.42. The van der Waals surface area contributed by atoms with Crippen molar-refractivity contribution >= 4 is 21.7 Å². The van der Waals surface area contributed by atoms with Gasteiger partial charge in [0.1, 0.15) is 5.82 Å². The number of halogens is 2. The number of ketones is 1. The van der Waals surface area contributed by atoms with Crippen molar-refractivity contribution in [3.63, 3.8) is 0 Å². The van der Waals surface area contributed by atoms with Crippen LogP contribution in [0.25, 0.3) is 0 Å². The molecule has 3 heteroatoms. The molecule has 0 heterocycles. The minimum atomic E-state index is -0.394. The zero-order chi connectivity index (χ0) is 9.14. The Morgan fingerprint density at radius 2 is 2.25 bits per heavy atom. The zero-order valence-corrected chi connectivity index (χ0v) is 8.19. The summed E-state index contributed by atoms with van der Waals surface area (Å²) in [5.41, 5.74) is 0.429. The molecule has 0 radical (unpaired) electrons. The van der Waals surface area contributed by atoms with Crippen LogP contribution in [-0.4, -0.2) is 5.78 Å². The summed E-state index contributed by atoms with van der Waals surface area (Å²) in [5, 5.41) is 0. The first-order valence-electron chi connectivity index (χ1n) is 3.63. The van der Waals surface area contributed by atoms with E-state index in [-0.39, 0.29) is 5.78 Å². The number of benzene rings is 1. The van der Waals surface area contributed by atoms with Crippen molar-refractivity contribution in [1.82, 2.24) is 0 Å². The minimum absolute atomic E-state index is 0.0404. The van der Waals surface area contributed by atoms with E-state index in [0.29, 0.717) is 16.5 Å². The van der Waals surface area contributed by atoms with Crippen molar-refractivity contribution in [3.05, 3.63) is 34.1 Å². The van der Waals surface area contributed by atoms with Gasteiger partial charge in [-0.15, -0.1) is 0 Å². The van der Waals surface area contributed by atoms with E-state index in [9.17, 15) is 9.18 Å². The summed E-state index contributed by atoms with van der Waals surface area (Å²) in [6.45, 7) is 1.75. The Bertz CT molecular complexity index is 309. The number of carbonyl (C=O) groups is 1. The van der Waals surface area contributed by atoms with E-state index >= 15 is 0 Å². The molecule has 0 aliphatic carbocycles.